The Morgan fingerprint density at radius 2 is 1.55 bits per heavy atom. The molecule has 0 aromatic heterocycles. The molecule has 2 nitrogen and oxygen atoms in total. The van der Waals surface area contributed by atoms with Gasteiger partial charge in [0.2, 0.25) is 0 Å². The van der Waals surface area contributed by atoms with E-state index in [1.165, 1.54) is 38.5 Å². The zero-order valence-corrected chi connectivity index (χ0v) is 13.1. The van der Waals surface area contributed by atoms with Crippen LogP contribution in [0.15, 0.2) is 24.3 Å². The molecule has 0 amide bonds. The first kappa shape index (κ1) is 17.0. The monoisotopic (exact) mass is 278 g/mol. The third-order valence-electron chi connectivity index (χ3n) is 3.47. The molecule has 0 bridgehead atoms. The van der Waals surface area contributed by atoms with E-state index in [1.54, 1.807) is 0 Å². The molecule has 1 aromatic rings. The van der Waals surface area contributed by atoms with Gasteiger partial charge in [0, 0.05) is 0 Å². The first-order valence-electron chi connectivity index (χ1n) is 8.12. The molecule has 0 saturated heterocycles. The van der Waals surface area contributed by atoms with Crippen LogP contribution in [0.3, 0.4) is 0 Å². The van der Waals surface area contributed by atoms with Crippen LogP contribution in [0.2, 0.25) is 0 Å². The van der Waals surface area contributed by atoms with Gasteiger partial charge in [-0.15, -0.1) is 0 Å². The number of benzene rings is 1. The van der Waals surface area contributed by atoms with Crippen LogP contribution in [0.5, 0.6) is 5.75 Å². The van der Waals surface area contributed by atoms with E-state index in [4.69, 9.17) is 4.74 Å². The number of ether oxygens (including phenoxy) is 1. The minimum absolute atomic E-state index is 0.283. The van der Waals surface area contributed by atoms with Crippen molar-refractivity contribution in [2.75, 3.05) is 6.61 Å². The van der Waals surface area contributed by atoms with Crippen molar-refractivity contribution < 1.29 is 9.84 Å². The Morgan fingerprint density at radius 1 is 0.950 bits per heavy atom. The molecule has 0 aliphatic carbocycles. The van der Waals surface area contributed by atoms with Gasteiger partial charge in [0.25, 0.3) is 0 Å². The third-order valence-corrected chi connectivity index (χ3v) is 3.47. The highest BCUT2D eigenvalue weighted by Crippen LogP contribution is 2.14. The Balaban J connectivity index is 2.07. The number of hydrogen-bond donors (Lipinski definition) is 1. The number of aliphatic hydroxyl groups excluding tert-OH is 1. The van der Waals surface area contributed by atoms with E-state index in [1.807, 2.05) is 31.2 Å². The van der Waals surface area contributed by atoms with Crippen LogP contribution in [0.25, 0.3) is 0 Å². The standard InChI is InChI=1S/C18H30O2/c1-3-4-5-6-7-8-9-14-20-18-12-10-17(11-13-18)15-16(2)19/h10-13,16,19H,3-9,14-15H2,1-2H3. The Hall–Kier alpha value is -1.02. The number of hydrogen-bond acceptors (Lipinski definition) is 2. The molecule has 1 aromatic carbocycles. The molecule has 0 aliphatic rings. The van der Waals surface area contributed by atoms with Gasteiger partial charge in [-0.1, -0.05) is 57.6 Å². The average Bonchev–Trinajstić information content (AvgIpc) is 2.43. The Labute approximate surface area is 124 Å². The second kappa shape index (κ2) is 10.7. The van der Waals surface area contributed by atoms with Crippen molar-refractivity contribution >= 4 is 0 Å². The summed E-state index contributed by atoms with van der Waals surface area (Å²) in [6.07, 6.45) is 9.59. The van der Waals surface area contributed by atoms with Gasteiger partial charge in [-0.3, -0.25) is 0 Å². The summed E-state index contributed by atoms with van der Waals surface area (Å²) in [6.45, 7) is 4.87. The molecule has 1 N–H and O–H groups in total. The molecule has 1 atom stereocenters. The average molecular weight is 278 g/mol. The van der Waals surface area contributed by atoms with Gasteiger partial charge in [0.05, 0.1) is 12.7 Å². The molecule has 1 rings (SSSR count). The molecule has 0 aliphatic heterocycles. The first-order chi connectivity index (χ1) is 9.72. The van der Waals surface area contributed by atoms with E-state index in [-0.39, 0.29) is 6.10 Å². The predicted molar refractivity (Wildman–Crippen MR) is 85.3 cm³/mol. The van der Waals surface area contributed by atoms with Crippen molar-refractivity contribution in [2.45, 2.75) is 71.3 Å². The minimum Gasteiger partial charge on any atom is -0.494 e. The topological polar surface area (TPSA) is 29.5 Å². The highest BCUT2D eigenvalue weighted by Gasteiger charge is 2.00. The highest BCUT2D eigenvalue weighted by atomic mass is 16.5. The molecule has 0 saturated carbocycles. The maximum atomic E-state index is 9.32. The maximum Gasteiger partial charge on any atom is 0.119 e. The van der Waals surface area contributed by atoms with Crippen molar-refractivity contribution in [2.24, 2.45) is 0 Å². The van der Waals surface area contributed by atoms with Crippen molar-refractivity contribution in [3.05, 3.63) is 29.8 Å². The van der Waals surface area contributed by atoms with Gasteiger partial charge in [0.1, 0.15) is 5.75 Å². The predicted octanol–water partition coefficient (Wildman–Crippen LogP) is 4.74. The van der Waals surface area contributed by atoms with Crippen molar-refractivity contribution in [1.82, 2.24) is 0 Å². The zero-order valence-electron chi connectivity index (χ0n) is 13.1. The van der Waals surface area contributed by atoms with Gasteiger partial charge in [0.15, 0.2) is 0 Å². The quantitative estimate of drug-likeness (QED) is 0.592. The van der Waals surface area contributed by atoms with Crippen LogP contribution in [-0.4, -0.2) is 17.8 Å². The number of rotatable bonds is 11. The molecule has 2 heteroatoms. The molecule has 1 unspecified atom stereocenters. The van der Waals surface area contributed by atoms with E-state index in [2.05, 4.69) is 6.92 Å². The summed E-state index contributed by atoms with van der Waals surface area (Å²) in [5, 5.41) is 9.32. The summed E-state index contributed by atoms with van der Waals surface area (Å²) in [6, 6.07) is 8.07. The van der Waals surface area contributed by atoms with Gasteiger partial charge >= 0.3 is 0 Å². The van der Waals surface area contributed by atoms with Crippen LogP contribution in [-0.2, 0) is 6.42 Å². The lowest BCUT2D eigenvalue weighted by Crippen LogP contribution is -2.04. The second-order valence-electron chi connectivity index (χ2n) is 5.67. The van der Waals surface area contributed by atoms with Crippen molar-refractivity contribution in [3.8, 4) is 5.75 Å². The van der Waals surface area contributed by atoms with Crippen LogP contribution < -0.4 is 4.74 Å². The lowest BCUT2D eigenvalue weighted by atomic mass is 10.1. The molecular formula is C18H30O2. The summed E-state index contributed by atoms with van der Waals surface area (Å²) >= 11 is 0. The largest absolute Gasteiger partial charge is 0.494 e. The fourth-order valence-corrected chi connectivity index (χ4v) is 2.31. The fraction of sp³-hybridized carbons (Fsp3) is 0.667. The van der Waals surface area contributed by atoms with Crippen molar-refractivity contribution in [1.29, 1.82) is 0 Å². The summed E-state index contributed by atoms with van der Waals surface area (Å²) < 4.78 is 5.73. The Kier molecular flexibility index (Phi) is 9.14. The fourth-order valence-electron chi connectivity index (χ4n) is 2.31. The van der Waals surface area contributed by atoms with Crippen molar-refractivity contribution in [3.63, 3.8) is 0 Å². The summed E-state index contributed by atoms with van der Waals surface area (Å²) in [5.74, 6) is 0.935. The van der Waals surface area contributed by atoms with E-state index in [0.717, 1.165) is 24.3 Å². The summed E-state index contributed by atoms with van der Waals surface area (Å²) in [5.41, 5.74) is 1.16. The summed E-state index contributed by atoms with van der Waals surface area (Å²) in [7, 11) is 0. The molecule has 0 spiro atoms. The van der Waals surface area contributed by atoms with E-state index < -0.39 is 0 Å². The SMILES string of the molecule is CCCCCCCCCOc1ccc(CC(C)O)cc1. The van der Waals surface area contributed by atoms with E-state index in [0.29, 0.717) is 6.42 Å². The smallest absolute Gasteiger partial charge is 0.119 e. The van der Waals surface area contributed by atoms with Crippen LogP contribution >= 0.6 is 0 Å². The lowest BCUT2D eigenvalue weighted by molar-refractivity contribution is 0.195. The third kappa shape index (κ3) is 8.21. The van der Waals surface area contributed by atoms with Crippen LogP contribution in [0, 0.1) is 0 Å². The molecule has 20 heavy (non-hydrogen) atoms. The molecule has 0 fully saturated rings. The van der Waals surface area contributed by atoms with Gasteiger partial charge in [-0.2, -0.15) is 0 Å². The normalized spacial score (nSPS) is 12.3. The second-order valence-corrected chi connectivity index (χ2v) is 5.67. The molecule has 0 heterocycles. The van der Waals surface area contributed by atoms with E-state index >= 15 is 0 Å². The molecular weight excluding hydrogens is 248 g/mol. The zero-order chi connectivity index (χ0) is 14.6. The summed E-state index contributed by atoms with van der Waals surface area (Å²) in [4.78, 5) is 0. The van der Waals surface area contributed by atoms with Gasteiger partial charge in [-0.05, 0) is 37.5 Å². The maximum absolute atomic E-state index is 9.32. The molecule has 114 valence electrons. The Bertz CT molecular complexity index is 330. The first-order valence-corrected chi connectivity index (χ1v) is 8.12. The number of unbranched alkanes of at least 4 members (excludes halogenated alkanes) is 6. The highest BCUT2D eigenvalue weighted by molar-refractivity contribution is 5.27. The Morgan fingerprint density at radius 3 is 2.15 bits per heavy atom. The lowest BCUT2D eigenvalue weighted by Gasteiger charge is -2.08. The van der Waals surface area contributed by atoms with Gasteiger partial charge in [-0.25, -0.2) is 0 Å². The van der Waals surface area contributed by atoms with Gasteiger partial charge < -0.3 is 9.84 Å². The van der Waals surface area contributed by atoms with Crippen LogP contribution in [0.1, 0.15) is 64.4 Å². The molecule has 0 radical (unpaired) electrons. The van der Waals surface area contributed by atoms with E-state index in [9.17, 15) is 5.11 Å². The number of aliphatic hydroxyl groups is 1. The van der Waals surface area contributed by atoms with Crippen LogP contribution in [0.4, 0.5) is 0 Å². The minimum atomic E-state index is -0.283.